The molecule has 0 bridgehead atoms. The fourth-order valence-electron chi connectivity index (χ4n) is 3.31. The second kappa shape index (κ2) is 7.61. The molecule has 1 amide bonds. The van der Waals surface area contributed by atoms with Gasteiger partial charge in [-0.25, -0.2) is 8.42 Å². The largest absolute Gasteiger partial charge is 0.324 e. The molecule has 2 aromatic carbocycles. The van der Waals surface area contributed by atoms with Gasteiger partial charge in [-0.15, -0.1) is 0 Å². The minimum atomic E-state index is -3.45. The van der Waals surface area contributed by atoms with Crippen LogP contribution in [0, 0.1) is 0 Å². The van der Waals surface area contributed by atoms with E-state index in [9.17, 15) is 13.2 Å². The molecule has 1 aliphatic rings. The highest BCUT2D eigenvalue weighted by molar-refractivity contribution is 7.89. The summed E-state index contributed by atoms with van der Waals surface area (Å²) in [6.07, 6.45) is 5.62. The minimum absolute atomic E-state index is 0.246. The molecule has 0 atom stereocenters. The van der Waals surface area contributed by atoms with Crippen molar-refractivity contribution in [3.8, 4) is 5.69 Å². The Hall–Kier alpha value is -2.90. The molecule has 7 heteroatoms. The molecule has 28 heavy (non-hydrogen) atoms. The first-order valence-electron chi connectivity index (χ1n) is 9.19. The summed E-state index contributed by atoms with van der Waals surface area (Å²) in [5.74, 6) is -0.246. The number of carbonyl (C=O) groups is 1. The molecular formula is C21H21N3O3S. The Morgan fingerprint density at radius 1 is 0.893 bits per heavy atom. The van der Waals surface area contributed by atoms with Crippen LogP contribution in [-0.4, -0.2) is 36.3 Å². The zero-order valence-corrected chi connectivity index (χ0v) is 16.1. The van der Waals surface area contributed by atoms with Crippen LogP contribution < -0.4 is 5.32 Å². The summed E-state index contributed by atoms with van der Waals surface area (Å²) in [5.41, 5.74) is 1.97. The Morgan fingerprint density at radius 2 is 1.57 bits per heavy atom. The summed E-state index contributed by atoms with van der Waals surface area (Å²) in [7, 11) is -3.45. The lowest BCUT2D eigenvalue weighted by Crippen LogP contribution is -2.27. The maximum atomic E-state index is 12.6. The average molecular weight is 395 g/mol. The lowest BCUT2D eigenvalue weighted by Gasteiger charge is -2.15. The van der Waals surface area contributed by atoms with E-state index in [1.165, 1.54) is 4.31 Å². The van der Waals surface area contributed by atoms with Gasteiger partial charge in [-0.2, -0.15) is 4.31 Å². The van der Waals surface area contributed by atoms with Crippen molar-refractivity contribution in [3.05, 3.63) is 78.6 Å². The Balaban J connectivity index is 1.49. The van der Waals surface area contributed by atoms with Gasteiger partial charge in [-0.3, -0.25) is 4.79 Å². The molecule has 3 aromatic rings. The molecule has 0 radical (unpaired) electrons. The topological polar surface area (TPSA) is 71.4 Å². The molecule has 144 valence electrons. The second-order valence-electron chi connectivity index (χ2n) is 6.73. The Bertz CT molecular complexity index is 1070. The van der Waals surface area contributed by atoms with Crippen LogP contribution in [0.15, 0.2) is 78.0 Å². The lowest BCUT2D eigenvalue weighted by atomic mass is 10.2. The first-order chi connectivity index (χ1) is 13.5. The van der Waals surface area contributed by atoms with Crippen LogP contribution in [0.3, 0.4) is 0 Å². The zero-order chi connectivity index (χ0) is 19.6. The van der Waals surface area contributed by atoms with E-state index in [1.807, 2.05) is 47.3 Å². The molecule has 1 aliphatic heterocycles. The van der Waals surface area contributed by atoms with Crippen molar-refractivity contribution in [3.63, 3.8) is 0 Å². The molecule has 4 rings (SSSR count). The predicted octanol–water partition coefficient (Wildman–Crippen LogP) is 3.51. The minimum Gasteiger partial charge on any atom is -0.324 e. The fourth-order valence-corrected chi connectivity index (χ4v) is 4.82. The second-order valence-corrected chi connectivity index (χ2v) is 8.67. The first kappa shape index (κ1) is 18.5. The fraction of sp³-hybridized carbons (Fsp3) is 0.190. The van der Waals surface area contributed by atoms with E-state index >= 15 is 0 Å². The molecule has 2 heterocycles. The number of aromatic nitrogens is 1. The van der Waals surface area contributed by atoms with Gasteiger partial charge in [0.1, 0.15) is 0 Å². The number of anilines is 1. The number of amides is 1. The third kappa shape index (κ3) is 3.72. The van der Waals surface area contributed by atoms with Crippen molar-refractivity contribution in [2.45, 2.75) is 17.7 Å². The molecule has 0 saturated carbocycles. The quantitative estimate of drug-likeness (QED) is 0.719. The third-order valence-corrected chi connectivity index (χ3v) is 6.74. The highest BCUT2D eigenvalue weighted by Crippen LogP contribution is 2.22. The summed E-state index contributed by atoms with van der Waals surface area (Å²) < 4.78 is 28.6. The van der Waals surface area contributed by atoms with Crippen molar-refractivity contribution < 1.29 is 13.2 Å². The van der Waals surface area contributed by atoms with Crippen LogP contribution in [0.5, 0.6) is 0 Å². The summed E-state index contributed by atoms with van der Waals surface area (Å²) in [4.78, 5) is 12.8. The predicted molar refractivity (Wildman–Crippen MR) is 108 cm³/mol. The molecular weight excluding hydrogens is 374 g/mol. The maximum absolute atomic E-state index is 12.6. The average Bonchev–Trinajstić information content (AvgIpc) is 3.43. The number of hydrogen-bond donors (Lipinski definition) is 1. The van der Waals surface area contributed by atoms with E-state index in [2.05, 4.69) is 5.32 Å². The first-order valence-corrected chi connectivity index (χ1v) is 10.6. The van der Waals surface area contributed by atoms with E-state index < -0.39 is 10.0 Å². The van der Waals surface area contributed by atoms with Crippen LogP contribution in [0.2, 0.25) is 0 Å². The van der Waals surface area contributed by atoms with Gasteiger partial charge in [0, 0.05) is 42.4 Å². The molecule has 0 unspecified atom stereocenters. The van der Waals surface area contributed by atoms with E-state index in [4.69, 9.17) is 0 Å². The smallest absolute Gasteiger partial charge is 0.255 e. The highest BCUT2D eigenvalue weighted by atomic mass is 32.2. The standard InChI is InChI=1S/C21H21N3O3S/c25-21(17-6-5-7-19(16-17)23-12-1-2-13-23)22-18-8-10-20(11-9-18)28(26,27)24-14-3-4-15-24/h1-2,5-13,16H,3-4,14-15H2,(H,22,25). The molecule has 1 fully saturated rings. The van der Waals surface area contributed by atoms with Gasteiger partial charge in [0.25, 0.3) is 5.91 Å². The van der Waals surface area contributed by atoms with Crippen molar-refractivity contribution in [1.82, 2.24) is 8.87 Å². The van der Waals surface area contributed by atoms with Crippen LogP contribution in [0.25, 0.3) is 5.69 Å². The number of sulfonamides is 1. The van der Waals surface area contributed by atoms with Gasteiger partial charge in [0.05, 0.1) is 4.90 Å². The SMILES string of the molecule is O=C(Nc1ccc(S(=O)(=O)N2CCCC2)cc1)c1cccc(-n2cccc2)c1. The number of benzene rings is 2. The summed E-state index contributed by atoms with van der Waals surface area (Å²) >= 11 is 0. The van der Waals surface area contributed by atoms with Gasteiger partial charge >= 0.3 is 0 Å². The molecule has 1 saturated heterocycles. The van der Waals surface area contributed by atoms with Crippen molar-refractivity contribution in [1.29, 1.82) is 0 Å². The third-order valence-electron chi connectivity index (χ3n) is 4.83. The van der Waals surface area contributed by atoms with Crippen LogP contribution >= 0.6 is 0 Å². The van der Waals surface area contributed by atoms with Gasteiger partial charge in [0.2, 0.25) is 10.0 Å². The summed E-state index contributed by atoms with van der Waals surface area (Å²) in [6, 6.07) is 17.5. The number of rotatable bonds is 5. The number of carbonyl (C=O) groups excluding carboxylic acids is 1. The molecule has 0 spiro atoms. The molecule has 0 aliphatic carbocycles. The van der Waals surface area contributed by atoms with Gasteiger partial charge < -0.3 is 9.88 Å². The van der Waals surface area contributed by atoms with Crippen LogP contribution in [0.4, 0.5) is 5.69 Å². The Kier molecular flexibility index (Phi) is 5.02. The van der Waals surface area contributed by atoms with E-state index in [0.29, 0.717) is 24.3 Å². The van der Waals surface area contributed by atoms with E-state index in [0.717, 1.165) is 18.5 Å². The monoisotopic (exact) mass is 395 g/mol. The van der Waals surface area contributed by atoms with Crippen molar-refractivity contribution >= 4 is 21.6 Å². The summed E-state index contributed by atoms with van der Waals surface area (Å²) in [5, 5.41) is 2.82. The Labute approximate surface area is 164 Å². The molecule has 1 N–H and O–H groups in total. The Morgan fingerprint density at radius 3 is 2.25 bits per heavy atom. The van der Waals surface area contributed by atoms with Gasteiger partial charge in [-0.05, 0) is 67.4 Å². The summed E-state index contributed by atoms with van der Waals surface area (Å²) in [6.45, 7) is 1.14. The molecule has 6 nitrogen and oxygen atoms in total. The zero-order valence-electron chi connectivity index (χ0n) is 15.3. The maximum Gasteiger partial charge on any atom is 0.255 e. The molecule has 1 aromatic heterocycles. The van der Waals surface area contributed by atoms with Crippen LogP contribution in [0.1, 0.15) is 23.2 Å². The van der Waals surface area contributed by atoms with Gasteiger partial charge in [-0.1, -0.05) is 6.07 Å². The van der Waals surface area contributed by atoms with Crippen molar-refractivity contribution in [2.75, 3.05) is 18.4 Å². The van der Waals surface area contributed by atoms with Crippen LogP contribution in [-0.2, 0) is 10.0 Å². The lowest BCUT2D eigenvalue weighted by molar-refractivity contribution is 0.102. The normalized spacial score (nSPS) is 14.9. The number of hydrogen-bond acceptors (Lipinski definition) is 3. The number of nitrogens with one attached hydrogen (secondary N) is 1. The number of nitrogens with zero attached hydrogens (tertiary/aromatic N) is 2. The van der Waals surface area contributed by atoms with Gasteiger partial charge in [0.15, 0.2) is 0 Å². The highest BCUT2D eigenvalue weighted by Gasteiger charge is 2.26. The van der Waals surface area contributed by atoms with E-state index in [1.54, 1.807) is 30.3 Å². The van der Waals surface area contributed by atoms with Crippen molar-refractivity contribution in [2.24, 2.45) is 0 Å². The van der Waals surface area contributed by atoms with E-state index in [-0.39, 0.29) is 10.8 Å².